The number of fused-ring (bicyclic) bond motifs is 1. The predicted molar refractivity (Wildman–Crippen MR) is 122 cm³/mol. The average molecular weight is 493 g/mol. The van der Waals surface area contributed by atoms with Crippen LogP contribution in [-0.4, -0.2) is 62.4 Å². The molecule has 1 N–H and O–H groups in total. The second kappa shape index (κ2) is 9.23. The molecule has 3 aromatic rings. The van der Waals surface area contributed by atoms with E-state index in [9.17, 15) is 18.0 Å². The van der Waals surface area contributed by atoms with Gasteiger partial charge in [0.1, 0.15) is 11.4 Å². The number of anilines is 1. The Bertz CT molecular complexity index is 1220. The first kappa shape index (κ1) is 24.6. The summed E-state index contributed by atoms with van der Waals surface area (Å²) < 4.78 is 51.7. The van der Waals surface area contributed by atoms with Crippen LogP contribution in [0.25, 0.3) is 17.0 Å². The quantitative estimate of drug-likeness (QED) is 0.568. The minimum atomic E-state index is -4.50. The van der Waals surface area contributed by atoms with Gasteiger partial charge in [-0.1, -0.05) is 0 Å². The number of likely N-dealkylation sites (tertiary alicyclic amines) is 1. The first-order valence-electron chi connectivity index (χ1n) is 11.2. The van der Waals surface area contributed by atoms with Crippen molar-refractivity contribution in [3.05, 3.63) is 36.2 Å². The van der Waals surface area contributed by atoms with Gasteiger partial charge in [0.05, 0.1) is 18.2 Å². The third-order valence-corrected chi connectivity index (χ3v) is 5.51. The summed E-state index contributed by atoms with van der Waals surface area (Å²) in [5.74, 6) is 0.707. The van der Waals surface area contributed by atoms with Gasteiger partial charge in [0, 0.05) is 31.5 Å². The van der Waals surface area contributed by atoms with Crippen LogP contribution < -0.4 is 10.1 Å². The maximum atomic E-state index is 13.1. The van der Waals surface area contributed by atoms with Gasteiger partial charge in [-0.3, -0.25) is 4.40 Å². The number of ether oxygens (including phenoxy) is 2. The zero-order valence-electron chi connectivity index (χ0n) is 19.9. The molecule has 1 atom stereocenters. The van der Waals surface area contributed by atoms with Crippen LogP contribution in [0.1, 0.15) is 39.2 Å². The topological polar surface area (TPSA) is 93.9 Å². The van der Waals surface area contributed by atoms with Crippen molar-refractivity contribution in [2.45, 2.75) is 51.4 Å². The number of hydrogen-bond acceptors (Lipinski definition) is 7. The lowest BCUT2D eigenvalue weighted by atomic mass is 10.1. The molecule has 1 unspecified atom stereocenters. The predicted octanol–water partition coefficient (Wildman–Crippen LogP) is 4.63. The Hall–Kier alpha value is -3.57. The molecule has 1 aliphatic heterocycles. The highest BCUT2D eigenvalue weighted by atomic mass is 19.4. The molecular formula is C23H27F3N6O3. The van der Waals surface area contributed by atoms with Gasteiger partial charge in [0.15, 0.2) is 17.3 Å². The van der Waals surface area contributed by atoms with Crippen LogP contribution in [0.5, 0.6) is 5.75 Å². The molecule has 1 saturated heterocycles. The zero-order chi connectivity index (χ0) is 25.4. The van der Waals surface area contributed by atoms with Crippen LogP contribution in [0.4, 0.5) is 23.8 Å². The Morgan fingerprint density at radius 1 is 1.20 bits per heavy atom. The first-order valence-corrected chi connectivity index (χ1v) is 11.2. The van der Waals surface area contributed by atoms with E-state index in [0.29, 0.717) is 30.1 Å². The Morgan fingerprint density at radius 3 is 2.66 bits per heavy atom. The summed E-state index contributed by atoms with van der Waals surface area (Å²) >= 11 is 0. The molecule has 1 aliphatic rings. The van der Waals surface area contributed by atoms with Crippen molar-refractivity contribution in [2.24, 2.45) is 0 Å². The minimum Gasteiger partial charge on any atom is -0.496 e. The molecule has 9 nitrogen and oxygen atoms in total. The third-order valence-electron chi connectivity index (χ3n) is 5.51. The lowest BCUT2D eigenvalue weighted by Crippen LogP contribution is -2.47. The Kier molecular flexibility index (Phi) is 6.48. The monoisotopic (exact) mass is 492 g/mol. The Labute approximate surface area is 200 Å². The molecule has 0 saturated carbocycles. The number of carbonyl (C=O) groups is 1. The molecule has 1 fully saturated rings. The van der Waals surface area contributed by atoms with Gasteiger partial charge in [-0.05, 0) is 51.8 Å². The molecule has 3 heterocycles. The van der Waals surface area contributed by atoms with Gasteiger partial charge in [-0.15, -0.1) is 10.2 Å². The van der Waals surface area contributed by atoms with Crippen molar-refractivity contribution in [1.82, 2.24) is 24.5 Å². The number of piperidine rings is 1. The molecule has 1 aromatic carbocycles. The molecule has 0 radical (unpaired) electrons. The maximum absolute atomic E-state index is 13.1. The van der Waals surface area contributed by atoms with E-state index < -0.39 is 17.3 Å². The SMILES string of the molecule is COc1cc(C(F)(F)F)ccc1-c1nnc(NC2CCCN(C(=O)OC(C)(C)C)C2)c2nccn12. The second-order valence-electron chi connectivity index (χ2n) is 9.32. The first-order chi connectivity index (χ1) is 16.5. The number of aromatic nitrogens is 4. The van der Waals surface area contributed by atoms with Crippen molar-refractivity contribution < 1.29 is 27.4 Å². The van der Waals surface area contributed by atoms with Crippen molar-refractivity contribution in [3.63, 3.8) is 0 Å². The number of methoxy groups -OCH3 is 1. The summed E-state index contributed by atoms with van der Waals surface area (Å²) in [5, 5.41) is 11.8. The summed E-state index contributed by atoms with van der Waals surface area (Å²) in [7, 11) is 1.30. The van der Waals surface area contributed by atoms with Crippen LogP contribution in [-0.2, 0) is 10.9 Å². The number of nitrogens with one attached hydrogen (secondary N) is 1. The fraction of sp³-hybridized carbons (Fsp3) is 0.478. The molecule has 4 rings (SSSR count). The maximum Gasteiger partial charge on any atom is 0.416 e. The zero-order valence-corrected chi connectivity index (χ0v) is 19.9. The number of nitrogens with zero attached hydrogens (tertiary/aromatic N) is 5. The van der Waals surface area contributed by atoms with Crippen molar-refractivity contribution >= 4 is 17.6 Å². The normalized spacial score (nSPS) is 16.9. The van der Waals surface area contributed by atoms with Crippen LogP contribution >= 0.6 is 0 Å². The van der Waals surface area contributed by atoms with Crippen LogP contribution in [0.3, 0.4) is 0 Å². The van der Waals surface area contributed by atoms with Gasteiger partial charge < -0.3 is 19.7 Å². The third kappa shape index (κ3) is 5.41. The van der Waals surface area contributed by atoms with E-state index >= 15 is 0 Å². The van der Waals surface area contributed by atoms with Gasteiger partial charge in [0.2, 0.25) is 0 Å². The lowest BCUT2D eigenvalue weighted by molar-refractivity contribution is -0.137. The smallest absolute Gasteiger partial charge is 0.416 e. The molecular weight excluding hydrogens is 465 g/mol. The number of halogens is 3. The van der Waals surface area contributed by atoms with E-state index in [1.54, 1.807) is 21.7 Å². The lowest BCUT2D eigenvalue weighted by Gasteiger charge is -2.34. The summed E-state index contributed by atoms with van der Waals surface area (Å²) in [6.07, 6.45) is -0.0697. The van der Waals surface area contributed by atoms with E-state index in [4.69, 9.17) is 9.47 Å². The van der Waals surface area contributed by atoms with Crippen molar-refractivity contribution in [1.29, 1.82) is 0 Å². The number of imidazole rings is 1. The van der Waals surface area contributed by atoms with E-state index in [-0.39, 0.29) is 23.7 Å². The summed E-state index contributed by atoms with van der Waals surface area (Å²) in [6.45, 7) is 6.50. The summed E-state index contributed by atoms with van der Waals surface area (Å²) in [4.78, 5) is 18.5. The standard InChI is InChI=1S/C23H27F3N6O3/c1-22(2,3)35-21(33)31-10-5-6-15(13-31)28-18-20-27-9-11-32(20)19(30-29-18)16-8-7-14(23(24,25)26)12-17(16)34-4/h7-9,11-12,15H,5-6,10,13H2,1-4H3,(H,28,29). The Morgan fingerprint density at radius 2 is 1.97 bits per heavy atom. The van der Waals surface area contributed by atoms with E-state index in [0.717, 1.165) is 25.0 Å². The molecule has 35 heavy (non-hydrogen) atoms. The fourth-order valence-electron chi connectivity index (χ4n) is 3.95. The number of alkyl halides is 3. The molecule has 0 aliphatic carbocycles. The second-order valence-corrected chi connectivity index (χ2v) is 9.32. The number of rotatable bonds is 4. The van der Waals surface area contributed by atoms with Gasteiger partial charge in [-0.2, -0.15) is 13.2 Å². The highest BCUT2D eigenvalue weighted by molar-refractivity contribution is 5.72. The van der Waals surface area contributed by atoms with Gasteiger partial charge in [0.25, 0.3) is 0 Å². The van der Waals surface area contributed by atoms with E-state index in [2.05, 4.69) is 20.5 Å². The minimum absolute atomic E-state index is 0.0186. The average Bonchev–Trinajstić information content (AvgIpc) is 3.28. The summed E-state index contributed by atoms with van der Waals surface area (Å²) in [6, 6.07) is 3.11. The van der Waals surface area contributed by atoms with Crippen LogP contribution in [0.15, 0.2) is 30.6 Å². The number of carbonyl (C=O) groups excluding carboxylic acids is 1. The van der Waals surface area contributed by atoms with Gasteiger partial charge in [-0.25, -0.2) is 9.78 Å². The number of hydrogen-bond donors (Lipinski definition) is 1. The molecule has 0 bridgehead atoms. The van der Waals surface area contributed by atoms with Crippen molar-refractivity contribution in [3.8, 4) is 17.1 Å². The molecule has 2 aromatic heterocycles. The van der Waals surface area contributed by atoms with E-state index in [1.165, 1.54) is 13.2 Å². The highest BCUT2D eigenvalue weighted by Gasteiger charge is 2.32. The van der Waals surface area contributed by atoms with Crippen LogP contribution in [0.2, 0.25) is 0 Å². The number of benzene rings is 1. The highest BCUT2D eigenvalue weighted by Crippen LogP contribution is 2.36. The molecule has 188 valence electrons. The Balaban J connectivity index is 1.59. The number of amides is 1. The van der Waals surface area contributed by atoms with Gasteiger partial charge >= 0.3 is 12.3 Å². The molecule has 1 amide bonds. The van der Waals surface area contributed by atoms with E-state index in [1.807, 2.05) is 20.8 Å². The van der Waals surface area contributed by atoms with Crippen LogP contribution in [0, 0.1) is 0 Å². The molecule has 12 heteroatoms. The fourth-order valence-corrected chi connectivity index (χ4v) is 3.95. The largest absolute Gasteiger partial charge is 0.496 e. The summed E-state index contributed by atoms with van der Waals surface area (Å²) in [5.41, 5.74) is -0.610. The van der Waals surface area contributed by atoms with Crippen molar-refractivity contribution in [2.75, 3.05) is 25.5 Å². The molecule has 0 spiro atoms.